The molecule has 0 radical (unpaired) electrons. The van der Waals surface area contributed by atoms with E-state index < -0.39 is 0 Å². The molecule has 0 aliphatic carbocycles. The molecule has 1 amide bonds. The van der Waals surface area contributed by atoms with Gasteiger partial charge in [-0.15, -0.1) is 0 Å². The van der Waals surface area contributed by atoms with Crippen molar-refractivity contribution in [2.45, 2.75) is 33.7 Å². The first-order valence-corrected chi connectivity index (χ1v) is 10.4. The van der Waals surface area contributed by atoms with Crippen LogP contribution in [-0.4, -0.2) is 32.0 Å². The second-order valence-corrected chi connectivity index (χ2v) is 8.08. The monoisotopic (exact) mass is 413 g/mol. The first-order chi connectivity index (χ1) is 14.9. The van der Waals surface area contributed by atoms with Crippen LogP contribution in [0.5, 0.6) is 0 Å². The van der Waals surface area contributed by atoms with E-state index in [1.807, 2.05) is 57.2 Å². The van der Waals surface area contributed by atoms with E-state index >= 15 is 0 Å². The summed E-state index contributed by atoms with van der Waals surface area (Å²) >= 11 is 0. The zero-order valence-corrected chi connectivity index (χ0v) is 17.8. The Labute approximate surface area is 179 Å². The number of carbonyl (C=O) groups is 1. The molecule has 156 valence electrons. The van der Waals surface area contributed by atoms with Crippen LogP contribution in [0, 0.1) is 20.8 Å². The minimum atomic E-state index is -0.320. The van der Waals surface area contributed by atoms with Crippen LogP contribution in [0.2, 0.25) is 0 Å². The predicted octanol–water partition coefficient (Wildman–Crippen LogP) is 3.10. The summed E-state index contributed by atoms with van der Waals surface area (Å²) in [4.78, 5) is 28.2. The quantitative estimate of drug-likeness (QED) is 0.517. The third-order valence-corrected chi connectivity index (χ3v) is 5.92. The van der Waals surface area contributed by atoms with Crippen LogP contribution in [0.1, 0.15) is 22.4 Å². The average molecular weight is 413 g/mol. The highest BCUT2D eigenvalue weighted by Gasteiger charge is 2.25. The summed E-state index contributed by atoms with van der Waals surface area (Å²) in [7, 11) is 0. The molecule has 1 aliphatic heterocycles. The van der Waals surface area contributed by atoms with Gasteiger partial charge >= 0.3 is 0 Å². The topological polar surface area (TPSA) is 73.0 Å². The molecular weight excluding hydrogens is 390 g/mol. The van der Waals surface area contributed by atoms with Gasteiger partial charge in [0.1, 0.15) is 12.1 Å². The van der Waals surface area contributed by atoms with Gasteiger partial charge in [0.25, 0.3) is 5.56 Å². The lowest BCUT2D eigenvalue weighted by Gasteiger charge is -2.18. The van der Waals surface area contributed by atoms with Gasteiger partial charge in [-0.2, -0.15) is 10.2 Å². The van der Waals surface area contributed by atoms with Crippen LogP contribution in [-0.2, 0) is 17.8 Å². The Balaban J connectivity index is 1.57. The zero-order valence-electron chi connectivity index (χ0n) is 17.8. The van der Waals surface area contributed by atoms with Crippen molar-refractivity contribution in [3.05, 3.63) is 81.4 Å². The first kappa shape index (κ1) is 19.2. The maximum Gasteiger partial charge on any atom is 0.293 e. The minimum Gasteiger partial charge on any atom is -0.310 e. The van der Waals surface area contributed by atoms with Gasteiger partial charge in [0.05, 0.1) is 17.6 Å². The predicted molar refractivity (Wildman–Crippen MR) is 120 cm³/mol. The van der Waals surface area contributed by atoms with Crippen LogP contribution in [0.3, 0.4) is 0 Å². The molecule has 0 N–H and O–H groups in total. The molecule has 0 spiro atoms. The number of carbonyl (C=O) groups excluding carboxylic acids is 1. The first-order valence-electron chi connectivity index (χ1n) is 10.4. The number of hydrogen-bond acceptors (Lipinski definition) is 4. The minimum absolute atomic E-state index is 0.109. The molecule has 0 bridgehead atoms. The lowest BCUT2D eigenvalue weighted by molar-refractivity contribution is -0.119. The molecule has 2 aromatic carbocycles. The van der Waals surface area contributed by atoms with E-state index in [-0.39, 0.29) is 18.0 Å². The van der Waals surface area contributed by atoms with Crippen molar-refractivity contribution in [3.63, 3.8) is 0 Å². The number of fused-ring (bicyclic) bond motifs is 2. The molecule has 0 atom stereocenters. The SMILES string of the molecule is Cc1ccc(-n2ncc3c(C)nn(CC(=O)N4CCc5ccccc54)c(=O)c32)c(C)c1. The summed E-state index contributed by atoms with van der Waals surface area (Å²) in [5, 5.41) is 9.58. The molecular formula is C24H23N5O2. The van der Waals surface area contributed by atoms with Gasteiger partial charge in [-0.3, -0.25) is 9.59 Å². The van der Waals surface area contributed by atoms with E-state index in [4.69, 9.17) is 0 Å². The number of benzene rings is 2. The highest BCUT2D eigenvalue weighted by molar-refractivity contribution is 5.95. The third-order valence-electron chi connectivity index (χ3n) is 5.92. The van der Waals surface area contributed by atoms with Crippen molar-refractivity contribution in [3.8, 4) is 5.69 Å². The Morgan fingerprint density at radius 1 is 1.06 bits per heavy atom. The van der Waals surface area contributed by atoms with Crippen LogP contribution >= 0.6 is 0 Å². The summed E-state index contributed by atoms with van der Waals surface area (Å²) in [5.74, 6) is -0.143. The largest absolute Gasteiger partial charge is 0.310 e. The van der Waals surface area contributed by atoms with Crippen LogP contribution < -0.4 is 10.5 Å². The fourth-order valence-electron chi connectivity index (χ4n) is 4.37. The number of aromatic nitrogens is 4. The average Bonchev–Trinajstić information content (AvgIpc) is 3.37. The number of rotatable bonds is 3. The summed E-state index contributed by atoms with van der Waals surface area (Å²) in [5.41, 5.74) is 5.86. The zero-order chi connectivity index (χ0) is 21.7. The van der Waals surface area contributed by atoms with Crippen molar-refractivity contribution in [1.29, 1.82) is 0 Å². The van der Waals surface area contributed by atoms with E-state index in [0.717, 1.165) is 34.5 Å². The van der Waals surface area contributed by atoms with Gasteiger partial charge in [-0.05, 0) is 50.5 Å². The van der Waals surface area contributed by atoms with E-state index in [0.29, 0.717) is 23.1 Å². The normalized spacial score (nSPS) is 13.1. The highest BCUT2D eigenvalue weighted by Crippen LogP contribution is 2.27. The Kier molecular flexibility index (Phi) is 4.46. The van der Waals surface area contributed by atoms with Crippen LogP contribution in [0.15, 0.2) is 53.5 Å². The van der Waals surface area contributed by atoms with Gasteiger partial charge in [-0.1, -0.05) is 35.9 Å². The molecule has 31 heavy (non-hydrogen) atoms. The van der Waals surface area contributed by atoms with Gasteiger partial charge in [0.2, 0.25) is 5.91 Å². The molecule has 5 rings (SSSR count). The van der Waals surface area contributed by atoms with Crippen molar-refractivity contribution in [1.82, 2.24) is 19.6 Å². The second-order valence-electron chi connectivity index (χ2n) is 8.08. The van der Waals surface area contributed by atoms with Gasteiger partial charge in [0, 0.05) is 17.6 Å². The number of aryl methyl sites for hydroxylation is 3. The second kappa shape index (κ2) is 7.19. The van der Waals surface area contributed by atoms with Gasteiger partial charge < -0.3 is 4.90 Å². The Morgan fingerprint density at radius 2 is 1.87 bits per heavy atom. The molecule has 7 heteroatoms. The number of para-hydroxylation sites is 1. The number of hydrogen-bond donors (Lipinski definition) is 0. The van der Waals surface area contributed by atoms with E-state index in [9.17, 15) is 9.59 Å². The number of nitrogens with zero attached hydrogens (tertiary/aromatic N) is 5. The summed E-state index contributed by atoms with van der Waals surface area (Å²) < 4.78 is 2.93. The highest BCUT2D eigenvalue weighted by atomic mass is 16.2. The van der Waals surface area contributed by atoms with Crippen LogP contribution in [0.25, 0.3) is 16.6 Å². The van der Waals surface area contributed by atoms with Crippen LogP contribution in [0.4, 0.5) is 5.69 Å². The van der Waals surface area contributed by atoms with E-state index in [2.05, 4.69) is 16.3 Å². The molecule has 0 saturated carbocycles. The van der Waals surface area contributed by atoms with Gasteiger partial charge in [-0.25, -0.2) is 9.36 Å². The number of anilines is 1. The summed E-state index contributed by atoms with van der Waals surface area (Å²) in [6, 6.07) is 13.9. The Hall–Kier alpha value is -3.74. The lowest BCUT2D eigenvalue weighted by Crippen LogP contribution is -2.37. The summed E-state index contributed by atoms with van der Waals surface area (Å²) in [6.45, 7) is 6.37. The maximum absolute atomic E-state index is 13.4. The molecule has 0 unspecified atom stereocenters. The van der Waals surface area contributed by atoms with Crippen molar-refractivity contribution < 1.29 is 4.79 Å². The fourth-order valence-corrected chi connectivity index (χ4v) is 4.37. The maximum atomic E-state index is 13.4. The Morgan fingerprint density at radius 3 is 2.68 bits per heavy atom. The molecule has 0 saturated heterocycles. The van der Waals surface area contributed by atoms with E-state index in [1.165, 1.54) is 4.68 Å². The molecule has 7 nitrogen and oxygen atoms in total. The smallest absolute Gasteiger partial charge is 0.293 e. The molecule has 1 aliphatic rings. The molecule has 0 fully saturated rings. The van der Waals surface area contributed by atoms with E-state index in [1.54, 1.807) is 15.8 Å². The summed E-state index contributed by atoms with van der Waals surface area (Å²) in [6.07, 6.45) is 2.49. The lowest BCUT2D eigenvalue weighted by atomic mass is 10.1. The Bertz CT molecular complexity index is 1400. The van der Waals surface area contributed by atoms with Crippen molar-refractivity contribution in [2.24, 2.45) is 0 Å². The molecule has 4 aromatic rings. The fraction of sp³-hybridized carbons (Fsp3) is 0.250. The molecule has 2 aromatic heterocycles. The van der Waals surface area contributed by atoms with Crippen molar-refractivity contribution >= 4 is 22.5 Å². The third kappa shape index (κ3) is 3.13. The number of amides is 1. The van der Waals surface area contributed by atoms with Gasteiger partial charge in [0.15, 0.2) is 0 Å². The van der Waals surface area contributed by atoms with Crippen molar-refractivity contribution in [2.75, 3.05) is 11.4 Å². The molecule has 3 heterocycles. The standard InChI is InChI=1S/C24H23N5O2/c1-15-8-9-20(16(2)12-15)29-23-19(13-25-29)17(3)26-28(24(23)31)14-22(30)27-11-10-18-6-4-5-7-21(18)27/h4-9,12-13H,10-11,14H2,1-3H3.